The topological polar surface area (TPSA) is 99.8 Å². The maximum Gasteiger partial charge on any atom is 0.324 e. The van der Waals surface area contributed by atoms with Crippen LogP contribution in [0, 0.1) is 5.92 Å². The third kappa shape index (κ3) is 10.0. The van der Waals surface area contributed by atoms with Crippen molar-refractivity contribution in [3.05, 3.63) is 34.3 Å². The molecular formula is C18H26Cl2N4O4. The fourth-order valence-corrected chi connectivity index (χ4v) is 2.61. The number of carbonyl (C=O) groups is 3. The molecule has 3 amide bonds. The largest absolute Gasteiger partial charge is 0.380 e. The van der Waals surface area contributed by atoms with E-state index in [2.05, 4.69) is 10.6 Å². The molecule has 0 bridgehead atoms. The smallest absolute Gasteiger partial charge is 0.324 e. The Labute approximate surface area is 174 Å². The molecule has 0 aliphatic carbocycles. The molecule has 28 heavy (non-hydrogen) atoms. The second-order valence-corrected chi connectivity index (χ2v) is 6.83. The first kappa shape index (κ1) is 24.3. The highest BCUT2D eigenvalue weighted by molar-refractivity contribution is 6.41. The van der Waals surface area contributed by atoms with Crippen LogP contribution in [0.5, 0.6) is 0 Å². The molecule has 2 fully saturated rings. The van der Waals surface area contributed by atoms with Crippen LogP contribution in [-0.2, 0) is 14.3 Å². The highest BCUT2D eigenvalue weighted by Gasteiger charge is 2.25. The van der Waals surface area contributed by atoms with Gasteiger partial charge in [-0.15, -0.1) is 0 Å². The van der Waals surface area contributed by atoms with Crippen molar-refractivity contribution < 1.29 is 19.1 Å². The van der Waals surface area contributed by atoms with Crippen molar-refractivity contribution in [2.24, 2.45) is 5.92 Å². The summed E-state index contributed by atoms with van der Waals surface area (Å²) in [6.07, 6.45) is 0.582. The van der Waals surface area contributed by atoms with E-state index in [1.165, 1.54) is 0 Å². The molecule has 0 saturated carbocycles. The average molecular weight is 433 g/mol. The summed E-state index contributed by atoms with van der Waals surface area (Å²) in [4.78, 5) is 32.1. The van der Waals surface area contributed by atoms with Crippen molar-refractivity contribution in [3.63, 3.8) is 0 Å². The van der Waals surface area contributed by atoms with Gasteiger partial charge in [0.05, 0.1) is 29.8 Å². The second-order valence-electron chi connectivity index (χ2n) is 6.02. The van der Waals surface area contributed by atoms with Crippen LogP contribution < -0.4 is 16.0 Å². The zero-order valence-corrected chi connectivity index (χ0v) is 17.3. The number of halogens is 2. The summed E-state index contributed by atoms with van der Waals surface area (Å²) in [5.74, 6) is 0.291. The Balaban J connectivity index is 0.000000212. The van der Waals surface area contributed by atoms with Gasteiger partial charge in [0.25, 0.3) is 0 Å². The van der Waals surface area contributed by atoms with Gasteiger partial charge in [0.1, 0.15) is 12.8 Å². The van der Waals surface area contributed by atoms with Gasteiger partial charge < -0.3 is 25.1 Å². The lowest BCUT2D eigenvalue weighted by atomic mass is 10.1. The molecule has 3 N–H and O–H groups in total. The third-order valence-corrected chi connectivity index (χ3v) is 4.45. The number of nitrogens with zero attached hydrogens (tertiary/aromatic N) is 1. The van der Waals surface area contributed by atoms with E-state index in [0.717, 1.165) is 37.7 Å². The molecule has 1 aromatic rings. The number of hydrogen-bond donors (Lipinski definition) is 3. The maximum absolute atomic E-state index is 10.6. The van der Waals surface area contributed by atoms with Crippen molar-refractivity contribution in [2.45, 2.75) is 0 Å². The van der Waals surface area contributed by atoms with Crippen LogP contribution in [0.2, 0.25) is 10.0 Å². The lowest BCUT2D eigenvalue weighted by Crippen LogP contribution is -2.30. The normalized spacial score (nSPS) is 18.8. The molecule has 8 nitrogen and oxygen atoms in total. The minimum absolute atomic E-state index is 0.00241. The predicted octanol–water partition coefficient (Wildman–Crippen LogP) is 1.17. The lowest BCUT2D eigenvalue weighted by molar-refractivity contribution is -0.118. The number of carbonyl (C=O) groups excluding carboxylic acids is 3. The minimum atomic E-state index is -0.489. The van der Waals surface area contributed by atoms with E-state index in [9.17, 15) is 14.4 Å². The van der Waals surface area contributed by atoms with E-state index in [0.29, 0.717) is 22.2 Å². The molecule has 0 spiro atoms. The van der Waals surface area contributed by atoms with Gasteiger partial charge in [-0.05, 0) is 19.2 Å². The van der Waals surface area contributed by atoms with Crippen LogP contribution >= 0.6 is 23.2 Å². The Kier molecular flexibility index (Phi) is 12.4. The standard InChI is InChI=1S/C7H16N2O.C6H4Cl2.C5H6N2O3/c1-8-4-7-5-9-2-3-10-6-7;7-5-3-1-2-4-6(5)8;8-2-1-7-3-4(9)6-5(7)10/h7-9H,2-6H2,1H3;1-4H;2H,1,3H2,(H,6,9,10). The zero-order valence-electron chi connectivity index (χ0n) is 15.7. The van der Waals surface area contributed by atoms with E-state index in [1.807, 2.05) is 24.5 Å². The first-order valence-corrected chi connectivity index (χ1v) is 9.59. The Morgan fingerprint density at radius 2 is 1.96 bits per heavy atom. The summed E-state index contributed by atoms with van der Waals surface area (Å²) in [6, 6.07) is 6.70. The average Bonchev–Trinajstić information content (AvgIpc) is 2.86. The van der Waals surface area contributed by atoms with Crippen molar-refractivity contribution in [1.82, 2.24) is 20.9 Å². The lowest BCUT2D eigenvalue weighted by Gasteiger charge is -2.11. The van der Waals surface area contributed by atoms with Crippen LogP contribution in [0.25, 0.3) is 0 Å². The van der Waals surface area contributed by atoms with Crippen LogP contribution in [0.4, 0.5) is 4.79 Å². The molecule has 0 radical (unpaired) electrons. The van der Waals surface area contributed by atoms with Crippen LogP contribution in [0.1, 0.15) is 0 Å². The number of urea groups is 1. The number of ether oxygens (including phenoxy) is 1. The first-order valence-electron chi connectivity index (χ1n) is 8.83. The minimum Gasteiger partial charge on any atom is -0.380 e. The summed E-state index contributed by atoms with van der Waals surface area (Å²) in [5, 5.41) is 9.71. The summed E-state index contributed by atoms with van der Waals surface area (Å²) >= 11 is 11.2. The molecule has 2 heterocycles. The van der Waals surface area contributed by atoms with Gasteiger partial charge >= 0.3 is 6.03 Å². The van der Waals surface area contributed by atoms with Gasteiger partial charge in [0.2, 0.25) is 5.91 Å². The molecule has 10 heteroatoms. The van der Waals surface area contributed by atoms with Crippen molar-refractivity contribution in [3.8, 4) is 0 Å². The number of benzene rings is 1. The molecule has 156 valence electrons. The number of amides is 3. The quantitative estimate of drug-likeness (QED) is 0.487. The van der Waals surface area contributed by atoms with Gasteiger partial charge in [-0.2, -0.15) is 0 Å². The molecule has 3 rings (SSSR count). The number of nitrogens with one attached hydrogen (secondary N) is 3. The van der Waals surface area contributed by atoms with Gasteiger partial charge in [0.15, 0.2) is 0 Å². The van der Waals surface area contributed by atoms with Gasteiger partial charge in [0, 0.05) is 25.6 Å². The Bertz CT molecular complexity index is 604. The number of rotatable bonds is 4. The number of hydrogen-bond acceptors (Lipinski definition) is 6. The Hall–Kier alpha value is -1.71. The van der Waals surface area contributed by atoms with Crippen molar-refractivity contribution in [1.29, 1.82) is 0 Å². The van der Waals surface area contributed by atoms with E-state index in [1.54, 1.807) is 12.1 Å². The molecule has 2 saturated heterocycles. The second kappa shape index (κ2) is 14.3. The monoisotopic (exact) mass is 432 g/mol. The highest BCUT2D eigenvalue weighted by atomic mass is 35.5. The van der Waals surface area contributed by atoms with E-state index >= 15 is 0 Å². The van der Waals surface area contributed by atoms with Crippen LogP contribution in [-0.4, -0.2) is 76.1 Å². The Morgan fingerprint density at radius 3 is 2.46 bits per heavy atom. The molecular weight excluding hydrogens is 407 g/mol. The summed E-state index contributed by atoms with van der Waals surface area (Å²) in [5.41, 5.74) is 0. The Morgan fingerprint density at radius 1 is 1.29 bits per heavy atom. The molecule has 1 aromatic carbocycles. The zero-order chi connectivity index (χ0) is 20.8. The molecule has 1 atom stereocenters. The van der Waals surface area contributed by atoms with Gasteiger partial charge in [-0.25, -0.2) is 4.79 Å². The first-order chi connectivity index (χ1) is 13.5. The van der Waals surface area contributed by atoms with Gasteiger partial charge in [-0.1, -0.05) is 35.3 Å². The maximum atomic E-state index is 10.6. The van der Waals surface area contributed by atoms with Crippen LogP contribution in [0.15, 0.2) is 24.3 Å². The third-order valence-electron chi connectivity index (χ3n) is 3.69. The summed E-state index contributed by atoms with van der Waals surface area (Å²) < 4.78 is 5.36. The number of imide groups is 1. The SMILES string of the molecule is CNCC1CNCCOC1.Clc1ccccc1Cl.O=CCN1CC(=O)NC1=O. The van der Waals surface area contributed by atoms with Crippen LogP contribution in [0.3, 0.4) is 0 Å². The molecule has 2 aliphatic heterocycles. The van der Waals surface area contributed by atoms with Crippen molar-refractivity contribution in [2.75, 3.05) is 53.0 Å². The van der Waals surface area contributed by atoms with Crippen molar-refractivity contribution >= 4 is 41.4 Å². The van der Waals surface area contributed by atoms with E-state index in [4.69, 9.17) is 27.9 Å². The molecule has 1 unspecified atom stereocenters. The highest BCUT2D eigenvalue weighted by Crippen LogP contribution is 2.19. The summed E-state index contributed by atoms with van der Waals surface area (Å²) in [7, 11) is 1.98. The fourth-order valence-electron chi connectivity index (χ4n) is 2.34. The summed E-state index contributed by atoms with van der Waals surface area (Å²) in [6.45, 7) is 4.87. The predicted molar refractivity (Wildman–Crippen MR) is 109 cm³/mol. The number of aldehydes is 1. The van der Waals surface area contributed by atoms with Gasteiger partial charge in [-0.3, -0.25) is 10.1 Å². The molecule has 2 aliphatic rings. The van der Waals surface area contributed by atoms with E-state index < -0.39 is 6.03 Å². The molecule has 0 aromatic heterocycles. The fraction of sp³-hybridized carbons (Fsp3) is 0.500. The van der Waals surface area contributed by atoms with E-state index in [-0.39, 0.29) is 19.0 Å².